The number of methoxy groups -OCH3 is 2. The number of benzene rings is 2. The van der Waals surface area contributed by atoms with Crippen molar-refractivity contribution in [2.45, 2.75) is 17.7 Å². The van der Waals surface area contributed by atoms with E-state index in [-0.39, 0.29) is 11.7 Å². The first-order valence-corrected chi connectivity index (χ1v) is 10.1. The summed E-state index contributed by atoms with van der Waals surface area (Å²) in [6.45, 7) is 0.521. The minimum Gasteiger partial charge on any atom is -0.497 e. The van der Waals surface area contributed by atoms with Gasteiger partial charge in [0.2, 0.25) is 5.91 Å². The molecule has 0 saturated carbocycles. The Morgan fingerprint density at radius 2 is 1.93 bits per heavy atom. The third kappa shape index (κ3) is 5.41. The molecule has 0 aliphatic rings. The van der Waals surface area contributed by atoms with Crippen molar-refractivity contribution in [2.75, 3.05) is 26.5 Å². The Labute approximate surface area is 171 Å². The van der Waals surface area contributed by atoms with E-state index in [1.54, 1.807) is 14.2 Å². The highest BCUT2D eigenvalue weighted by atomic mass is 32.2. The van der Waals surface area contributed by atoms with Crippen LogP contribution in [-0.4, -0.2) is 37.4 Å². The summed E-state index contributed by atoms with van der Waals surface area (Å²) < 4.78 is 36.8. The summed E-state index contributed by atoms with van der Waals surface area (Å²) in [7, 11) is 3.23. The molecule has 1 aromatic heterocycles. The van der Waals surface area contributed by atoms with Gasteiger partial charge in [0.15, 0.2) is 11.6 Å². The summed E-state index contributed by atoms with van der Waals surface area (Å²) in [5.41, 5.74) is 1.97. The SMILES string of the molecule is COc1cc(OC)c2cc(CCCNC(=O)CSc3ccc(F)c(F)c3)[nH]c2c1. The van der Waals surface area contributed by atoms with Gasteiger partial charge in [-0.1, -0.05) is 0 Å². The van der Waals surface area contributed by atoms with Gasteiger partial charge >= 0.3 is 0 Å². The number of hydrogen-bond acceptors (Lipinski definition) is 4. The number of aromatic nitrogens is 1. The molecule has 2 aromatic carbocycles. The number of thioether (sulfide) groups is 1. The Morgan fingerprint density at radius 1 is 1.10 bits per heavy atom. The van der Waals surface area contributed by atoms with Crippen molar-refractivity contribution in [1.82, 2.24) is 10.3 Å². The number of hydrogen-bond donors (Lipinski definition) is 2. The second-order valence-electron chi connectivity index (χ2n) is 6.40. The van der Waals surface area contributed by atoms with Gasteiger partial charge in [-0.2, -0.15) is 0 Å². The molecular weight excluding hydrogens is 398 g/mol. The van der Waals surface area contributed by atoms with E-state index in [0.29, 0.717) is 17.2 Å². The van der Waals surface area contributed by atoms with Gasteiger partial charge in [-0.15, -0.1) is 11.8 Å². The van der Waals surface area contributed by atoms with E-state index in [1.165, 1.54) is 17.8 Å². The number of fused-ring (bicyclic) bond motifs is 1. The monoisotopic (exact) mass is 420 g/mol. The molecule has 5 nitrogen and oxygen atoms in total. The lowest BCUT2D eigenvalue weighted by atomic mass is 10.2. The second-order valence-corrected chi connectivity index (χ2v) is 7.45. The second kappa shape index (κ2) is 9.65. The van der Waals surface area contributed by atoms with Crippen LogP contribution in [0.2, 0.25) is 0 Å². The van der Waals surface area contributed by atoms with E-state index in [1.807, 2.05) is 18.2 Å². The van der Waals surface area contributed by atoms with Crippen molar-refractivity contribution in [3.05, 3.63) is 53.7 Å². The first-order chi connectivity index (χ1) is 14.0. The maximum atomic E-state index is 13.2. The van der Waals surface area contributed by atoms with Gasteiger partial charge in [0.25, 0.3) is 0 Å². The highest BCUT2D eigenvalue weighted by Gasteiger charge is 2.10. The summed E-state index contributed by atoms with van der Waals surface area (Å²) in [6.07, 6.45) is 1.52. The Kier molecular flexibility index (Phi) is 6.98. The fourth-order valence-corrected chi connectivity index (χ4v) is 3.68. The smallest absolute Gasteiger partial charge is 0.230 e. The lowest BCUT2D eigenvalue weighted by Gasteiger charge is -2.05. The molecule has 0 atom stereocenters. The minimum absolute atomic E-state index is 0.147. The van der Waals surface area contributed by atoms with Crippen molar-refractivity contribution >= 4 is 28.6 Å². The molecule has 1 amide bonds. The molecule has 0 bridgehead atoms. The first kappa shape index (κ1) is 21.0. The van der Waals surface area contributed by atoms with E-state index in [4.69, 9.17) is 9.47 Å². The van der Waals surface area contributed by atoms with Crippen LogP contribution in [0.4, 0.5) is 8.78 Å². The van der Waals surface area contributed by atoms with E-state index in [9.17, 15) is 13.6 Å². The van der Waals surface area contributed by atoms with Crippen LogP contribution < -0.4 is 14.8 Å². The van der Waals surface area contributed by atoms with E-state index >= 15 is 0 Å². The van der Waals surface area contributed by atoms with Crippen molar-refractivity contribution in [1.29, 1.82) is 0 Å². The summed E-state index contributed by atoms with van der Waals surface area (Å²) in [5.74, 6) is -0.357. The molecule has 154 valence electrons. The number of carbonyl (C=O) groups excluding carboxylic acids is 1. The van der Waals surface area contributed by atoms with E-state index < -0.39 is 11.6 Å². The van der Waals surface area contributed by atoms with Gasteiger partial charge in [0, 0.05) is 34.7 Å². The number of carbonyl (C=O) groups is 1. The number of aryl methyl sites for hydroxylation is 1. The predicted molar refractivity (Wildman–Crippen MR) is 110 cm³/mol. The average molecular weight is 420 g/mol. The van der Waals surface area contributed by atoms with E-state index in [2.05, 4.69) is 10.3 Å². The maximum Gasteiger partial charge on any atom is 0.230 e. The Morgan fingerprint density at radius 3 is 2.66 bits per heavy atom. The summed E-state index contributed by atoms with van der Waals surface area (Å²) >= 11 is 1.17. The number of aromatic amines is 1. The first-order valence-electron chi connectivity index (χ1n) is 9.08. The van der Waals surface area contributed by atoms with Gasteiger partial charge in [-0.05, 0) is 37.1 Å². The number of ether oxygens (including phenoxy) is 2. The molecular formula is C21H22F2N2O3S. The standard InChI is InChI=1S/C21H22F2N2O3S/c1-27-14-9-19-16(20(10-14)28-2)8-13(25-19)4-3-7-24-21(26)12-29-15-5-6-17(22)18(23)11-15/h5-6,8-11,25H,3-4,7,12H2,1-2H3,(H,24,26). The molecule has 0 aliphatic heterocycles. The largest absolute Gasteiger partial charge is 0.497 e. The highest BCUT2D eigenvalue weighted by molar-refractivity contribution is 8.00. The molecule has 0 unspecified atom stereocenters. The molecule has 3 aromatic rings. The predicted octanol–water partition coefficient (Wildman–Crippen LogP) is 4.30. The zero-order valence-corrected chi connectivity index (χ0v) is 17.0. The summed E-state index contributed by atoms with van der Waals surface area (Å²) in [6, 6.07) is 9.39. The van der Waals surface area contributed by atoms with Gasteiger partial charge < -0.3 is 19.8 Å². The number of nitrogens with one attached hydrogen (secondary N) is 2. The van der Waals surface area contributed by atoms with Crippen molar-refractivity contribution < 1.29 is 23.0 Å². The zero-order chi connectivity index (χ0) is 20.8. The molecule has 3 rings (SSSR count). The molecule has 29 heavy (non-hydrogen) atoms. The van der Waals surface area contributed by atoms with Crippen LogP contribution in [0, 0.1) is 11.6 Å². The topological polar surface area (TPSA) is 63.4 Å². The number of H-pyrrole nitrogens is 1. The van der Waals surface area contributed by atoms with Crippen molar-refractivity contribution in [3.8, 4) is 11.5 Å². The molecule has 0 fully saturated rings. The van der Waals surface area contributed by atoms with Gasteiger partial charge in [0.1, 0.15) is 11.5 Å². The van der Waals surface area contributed by atoms with Crippen LogP contribution in [0.1, 0.15) is 12.1 Å². The molecule has 0 spiro atoms. The van der Waals surface area contributed by atoms with E-state index in [0.717, 1.165) is 47.3 Å². The van der Waals surface area contributed by atoms with Gasteiger partial charge in [-0.25, -0.2) is 8.78 Å². The molecule has 2 N–H and O–H groups in total. The fourth-order valence-electron chi connectivity index (χ4n) is 2.93. The Hall–Kier alpha value is -2.74. The number of rotatable bonds is 9. The van der Waals surface area contributed by atoms with Gasteiger partial charge in [-0.3, -0.25) is 4.79 Å². The summed E-state index contributed by atoms with van der Waals surface area (Å²) in [4.78, 5) is 15.8. The third-order valence-corrected chi connectivity index (χ3v) is 5.38. The lowest BCUT2D eigenvalue weighted by molar-refractivity contribution is -0.118. The van der Waals surface area contributed by atoms with Crippen LogP contribution in [0.15, 0.2) is 41.3 Å². The van der Waals surface area contributed by atoms with Gasteiger partial charge in [0.05, 0.1) is 25.5 Å². The molecule has 0 aliphatic carbocycles. The van der Waals surface area contributed by atoms with Crippen LogP contribution in [0.5, 0.6) is 11.5 Å². The van der Waals surface area contributed by atoms with Crippen molar-refractivity contribution in [3.63, 3.8) is 0 Å². The number of amides is 1. The fraction of sp³-hybridized carbons (Fsp3) is 0.286. The Balaban J connectivity index is 1.46. The lowest BCUT2D eigenvalue weighted by Crippen LogP contribution is -2.26. The molecule has 0 radical (unpaired) electrons. The minimum atomic E-state index is -0.914. The highest BCUT2D eigenvalue weighted by Crippen LogP contribution is 2.31. The van der Waals surface area contributed by atoms with Crippen LogP contribution in [0.3, 0.4) is 0 Å². The molecule has 0 saturated heterocycles. The third-order valence-electron chi connectivity index (χ3n) is 4.39. The van der Waals surface area contributed by atoms with Crippen LogP contribution in [-0.2, 0) is 11.2 Å². The van der Waals surface area contributed by atoms with Crippen molar-refractivity contribution in [2.24, 2.45) is 0 Å². The normalized spacial score (nSPS) is 10.9. The van der Waals surface area contributed by atoms with Crippen LogP contribution >= 0.6 is 11.8 Å². The molecule has 1 heterocycles. The average Bonchev–Trinajstić information content (AvgIpc) is 3.14. The molecule has 8 heteroatoms. The maximum absolute atomic E-state index is 13.2. The quantitative estimate of drug-likeness (QED) is 0.400. The Bertz CT molecular complexity index is 1010. The zero-order valence-electron chi connectivity index (χ0n) is 16.2. The van der Waals surface area contributed by atoms with Crippen LogP contribution in [0.25, 0.3) is 10.9 Å². The number of halogens is 2. The summed E-state index contributed by atoms with van der Waals surface area (Å²) in [5, 5.41) is 3.82.